The van der Waals surface area contributed by atoms with Crippen LogP contribution in [0, 0.1) is 5.82 Å². The van der Waals surface area contributed by atoms with Crippen LogP contribution in [0.5, 0.6) is 0 Å². The molecule has 6 nitrogen and oxygen atoms in total. The predicted octanol–water partition coefficient (Wildman–Crippen LogP) is 1.01. The van der Waals surface area contributed by atoms with Gasteiger partial charge in [-0.25, -0.2) is 9.37 Å². The molecule has 3 rings (SSSR count). The highest BCUT2D eigenvalue weighted by Gasteiger charge is 2.17. The quantitative estimate of drug-likeness (QED) is 0.916. The topological polar surface area (TPSA) is 73.4 Å². The van der Waals surface area contributed by atoms with E-state index in [0.717, 1.165) is 0 Å². The Kier molecular flexibility index (Phi) is 3.74. The summed E-state index contributed by atoms with van der Waals surface area (Å²) in [4.78, 5) is 18.1. The minimum absolute atomic E-state index is 0.0518. The van der Waals surface area contributed by atoms with Crippen LogP contribution >= 0.6 is 0 Å². The van der Waals surface area contributed by atoms with Crippen LogP contribution in [0.3, 0.4) is 0 Å². The molecule has 1 aromatic heterocycles. The SMILES string of the molecule is Nc1nc2ccc(F)cc2n1CCC(=O)N1CCOCC1. The third-order valence-electron chi connectivity index (χ3n) is 3.65. The van der Waals surface area contributed by atoms with Crippen molar-refractivity contribution in [3.63, 3.8) is 0 Å². The number of hydrogen-bond acceptors (Lipinski definition) is 4. The second-order valence-corrected chi connectivity index (χ2v) is 5.00. The molecule has 0 spiro atoms. The van der Waals surface area contributed by atoms with Gasteiger partial charge in [0.05, 0.1) is 24.2 Å². The standard InChI is InChI=1S/C14H17FN4O2/c15-10-1-2-11-12(9-10)19(14(16)17-11)4-3-13(20)18-5-7-21-8-6-18/h1-2,9H,3-8H2,(H2,16,17). The van der Waals surface area contributed by atoms with E-state index < -0.39 is 0 Å². The Morgan fingerprint density at radius 2 is 2.14 bits per heavy atom. The second-order valence-electron chi connectivity index (χ2n) is 5.00. The summed E-state index contributed by atoms with van der Waals surface area (Å²) in [6.45, 7) is 2.78. The summed E-state index contributed by atoms with van der Waals surface area (Å²) < 4.78 is 20.2. The fraction of sp³-hybridized carbons (Fsp3) is 0.429. The van der Waals surface area contributed by atoms with Gasteiger partial charge in [-0.1, -0.05) is 0 Å². The Hall–Kier alpha value is -2.15. The van der Waals surface area contributed by atoms with Crippen molar-refractivity contribution < 1.29 is 13.9 Å². The molecule has 0 bridgehead atoms. The fourth-order valence-electron chi connectivity index (χ4n) is 2.53. The molecule has 0 radical (unpaired) electrons. The third kappa shape index (κ3) is 2.82. The van der Waals surface area contributed by atoms with Gasteiger partial charge in [0.25, 0.3) is 0 Å². The molecule has 0 aliphatic carbocycles. The lowest BCUT2D eigenvalue weighted by Crippen LogP contribution is -2.41. The van der Waals surface area contributed by atoms with E-state index in [-0.39, 0.29) is 11.7 Å². The maximum atomic E-state index is 13.3. The average Bonchev–Trinajstić information content (AvgIpc) is 2.80. The number of imidazole rings is 1. The summed E-state index contributed by atoms with van der Waals surface area (Å²) in [6, 6.07) is 4.32. The van der Waals surface area contributed by atoms with E-state index in [2.05, 4.69) is 4.98 Å². The number of nitrogens with two attached hydrogens (primary N) is 1. The largest absolute Gasteiger partial charge is 0.378 e. The Morgan fingerprint density at radius 1 is 1.38 bits per heavy atom. The van der Waals surface area contributed by atoms with Crippen LogP contribution < -0.4 is 5.73 Å². The highest BCUT2D eigenvalue weighted by atomic mass is 19.1. The smallest absolute Gasteiger partial charge is 0.224 e. The highest BCUT2D eigenvalue weighted by molar-refractivity contribution is 5.79. The summed E-state index contributed by atoms with van der Waals surface area (Å²) in [7, 11) is 0. The van der Waals surface area contributed by atoms with E-state index in [1.54, 1.807) is 15.5 Å². The van der Waals surface area contributed by atoms with Crippen molar-refractivity contribution in [3.05, 3.63) is 24.0 Å². The lowest BCUT2D eigenvalue weighted by molar-refractivity contribution is -0.135. The van der Waals surface area contributed by atoms with Crippen molar-refractivity contribution in [2.75, 3.05) is 32.0 Å². The van der Waals surface area contributed by atoms with Crippen molar-refractivity contribution >= 4 is 22.9 Å². The maximum absolute atomic E-state index is 13.3. The highest BCUT2D eigenvalue weighted by Crippen LogP contribution is 2.19. The normalized spacial score (nSPS) is 15.6. The number of rotatable bonds is 3. The van der Waals surface area contributed by atoms with Gasteiger partial charge in [0.2, 0.25) is 11.9 Å². The molecule has 1 fully saturated rings. The van der Waals surface area contributed by atoms with E-state index in [1.165, 1.54) is 12.1 Å². The average molecular weight is 292 g/mol. The van der Waals surface area contributed by atoms with Gasteiger partial charge in [0.1, 0.15) is 5.82 Å². The maximum Gasteiger partial charge on any atom is 0.224 e. The van der Waals surface area contributed by atoms with E-state index in [0.29, 0.717) is 56.3 Å². The van der Waals surface area contributed by atoms with Crippen LogP contribution in [-0.4, -0.2) is 46.7 Å². The van der Waals surface area contributed by atoms with Crippen LogP contribution in [0.2, 0.25) is 0 Å². The van der Waals surface area contributed by atoms with Gasteiger partial charge in [0, 0.05) is 26.1 Å². The van der Waals surface area contributed by atoms with Gasteiger partial charge in [0.15, 0.2) is 0 Å². The molecule has 7 heteroatoms. The van der Waals surface area contributed by atoms with Gasteiger partial charge >= 0.3 is 0 Å². The summed E-state index contributed by atoms with van der Waals surface area (Å²) in [6.07, 6.45) is 0.312. The Morgan fingerprint density at radius 3 is 2.90 bits per heavy atom. The van der Waals surface area contributed by atoms with Crippen molar-refractivity contribution in [1.82, 2.24) is 14.5 Å². The lowest BCUT2D eigenvalue weighted by Gasteiger charge is -2.27. The summed E-state index contributed by atoms with van der Waals surface area (Å²) in [5, 5.41) is 0. The molecule has 1 aliphatic rings. The zero-order valence-electron chi connectivity index (χ0n) is 11.6. The van der Waals surface area contributed by atoms with E-state index in [4.69, 9.17) is 10.5 Å². The summed E-state index contributed by atoms with van der Waals surface area (Å²) in [5.74, 6) is 0.00415. The number of anilines is 1. The predicted molar refractivity (Wildman–Crippen MR) is 76.1 cm³/mol. The molecule has 0 saturated carbocycles. The molecule has 1 aliphatic heterocycles. The molecule has 0 atom stereocenters. The zero-order valence-corrected chi connectivity index (χ0v) is 11.6. The number of benzene rings is 1. The number of carbonyl (C=O) groups is 1. The van der Waals surface area contributed by atoms with Crippen LogP contribution in [0.25, 0.3) is 11.0 Å². The number of halogens is 1. The summed E-state index contributed by atoms with van der Waals surface area (Å²) in [5.41, 5.74) is 7.10. The molecule has 21 heavy (non-hydrogen) atoms. The van der Waals surface area contributed by atoms with Crippen LogP contribution in [0.15, 0.2) is 18.2 Å². The van der Waals surface area contributed by atoms with Crippen molar-refractivity contribution in [2.24, 2.45) is 0 Å². The summed E-state index contributed by atoms with van der Waals surface area (Å²) >= 11 is 0. The number of nitrogen functional groups attached to an aromatic ring is 1. The number of ether oxygens (including phenoxy) is 1. The monoisotopic (exact) mass is 292 g/mol. The third-order valence-corrected chi connectivity index (χ3v) is 3.65. The van der Waals surface area contributed by atoms with Gasteiger partial charge < -0.3 is 19.9 Å². The number of nitrogens with zero attached hydrogens (tertiary/aromatic N) is 3. The number of aryl methyl sites for hydroxylation is 1. The van der Waals surface area contributed by atoms with E-state index in [9.17, 15) is 9.18 Å². The molecule has 1 amide bonds. The Labute approximate surface area is 121 Å². The molecule has 112 valence electrons. The molecule has 2 heterocycles. The number of aromatic nitrogens is 2. The number of hydrogen-bond donors (Lipinski definition) is 1. The van der Waals surface area contributed by atoms with Crippen LogP contribution in [0.4, 0.5) is 10.3 Å². The van der Waals surface area contributed by atoms with Crippen molar-refractivity contribution in [1.29, 1.82) is 0 Å². The van der Waals surface area contributed by atoms with Crippen LogP contribution in [-0.2, 0) is 16.1 Å². The zero-order chi connectivity index (χ0) is 14.8. The van der Waals surface area contributed by atoms with Crippen molar-refractivity contribution in [2.45, 2.75) is 13.0 Å². The van der Waals surface area contributed by atoms with Gasteiger partial charge in [-0.15, -0.1) is 0 Å². The molecule has 1 aromatic carbocycles. The molecule has 2 aromatic rings. The van der Waals surface area contributed by atoms with E-state index in [1.807, 2.05) is 0 Å². The first-order valence-electron chi connectivity index (χ1n) is 6.92. The minimum Gasteiger partial charge on any atom is -0.378 e. The van der Waals surface area contributed by atoms with Crippen LogP contribution in [0.1, 0.15) is 6.42 Å². The number of fused-ring (bicyclic) bond motifs is 1. The number of carbonyl (C=O) groups excluding carboxylic acids is 1. The second kappa shape index (κ2) is 5.69. The van der Waals surface area contributed by atoms with Gasteiger partial charge in [-0.3, -0.25) is 4.79 Å². The fourth-order valence-corrected chi connectivity index (χ4v) is 2.53. The lowest BCUT2D eigenvalue weighted by atomic mass is 10.3. The first kappa shape index (κ1) is 13.8. The van der Waals surface area contributed by atoms with Gasteiger partial charge in [-0.2, -0.15) is 0 Å². The number of morpholine rings is 1. The molecule has 0 unspecified atom stereocenters. The van der Waals surface area contributed by atoms with E-state index >= 15 is 0 Å². The Balaban J connectivity index is 1.74. The molecule has 1 saturated heterocycles. The molecular weight excluding hydrogens is 275 g/mol. The first-order chi connectivity index (χ1) is 10.1. The Bertz CT molecular complexity index is 664. The molecular formula is C14H17FN4O2. The van der Waals surface area contributed by atoms with Gasteiger partial charge in [-0.05, 0) is 18.2 Å². The molecule has 2 N–H and O–H groups in total. The minimum atomic E-state index is -0.344. The van der Waals surface area contributed by atoms with Crippen molar-refractivity contribution in [3.8, 4) is 0 Å². The number of amides is 1. The first-order valence-corrected chi connectivity index (χ1v) is 6.92.